The van der Waals surface area contributed by atoms with E-state index in [9.17, 15) is 4.79 Å². The zero-order valence-corrected chi connectivity index (χ0v) is 13.0. The van der Waals surface area contributed by atoms with E-state index in [1.54, 1.807) is 0 Å². The Morgan fingerprint density at radius 2 is 1.68 bits per heavy atom. The second kappa shape index (κ2) is 4.93. The standard InChI is InChI=1S/C17H11ClN2OS/c18-10-7-5-9(6-8-10)14-13-15(20-17(22)19-14)11-3-1-2-4-12(11)16(13)21/h1-8,14H,(H2,19,20,22)/t14-/m1/s1. The molecule has 0 saturated carbocycles. The summed E-state index contributed by atoms with van der Waals surface area (Å²) in [6.45, 7) is 0. The van der Waals surface area contributed by atoms with Crippen LogP contribution in [0.3, 0.4) is 0 Å². The van der Waals surface area contributed by atoms with Gasteiger partial charge in [-0.2, -0.15) is 0 Å². The summed E-state index contributed by atoms with van der Waals surface area (Å²) in [5.74, 6) is 0.0352. The number of fused-ring (bicyclic) bond motifs is 2. The maximum atomic E-state index is 12.8. The van der Waals surface area contributed by atoms with E-state index in [-0.39, 0.29) is 11.8 Å². The second-order valence-electron chi connectivity index (χ2n) is 5.25. The highest BCUT2D eigenvalue weighted by Gasteiger charge is 2.38. The van der Waals surface area contributed by atoms with Crippen molar-refractivity contribution < 1.29 is 4.79 Å². The molecular weight excluding hydrogens is 316 g/mol. The lowest BCUT2D eigenvalue weighted by atomic mass is 9.94. The summed E-state index contributed by atoms with van der Waals surface area (Å²) < 4.78 is 0. The molecule has 2 N–H and O–H groups in total. The van der Waals surface area contributed by atoms with Gasteiger partial charge in [-0.3, -0.25) is 4.79 Å². The fraction of sp³-hybridized carbons (Fsp3) is 0.0588. The van der Waals surface area contributed by atoms with Gasteiger partial charge in [-0.25, -0.2) is 0 Å². The van der Waals surface area contributed by atoms with Gasteiger partial charge in [0, 0.05) is 16.1 Å². The van der Waals surface area contributed by atoms with Gasteiger partial charge in [0.15, 0.2) is 10.9 Å². The summed E-state index contributed by atoms with van der Waals surface area (Å²) in [6, 6.07) is 14.8. The first-order valence-corrected chi connectivity index (χ1v) is 7.65. The summed E-state index contributed by atoms with van der Waals surface area (Å²) in [5.41, 5.74) is 4.10. The van der Waals surface area contributed by atoms with Gasteiger partial charge in [-0.05, 0) is 29.9 Å². The summed E-state index contributed by atoms with van der Waals surface area (Å²) in [4.78, 5) is 12.8. The Morgan fingerprint density at radius 3 is 2.41 bits per heavy atom. The fourth-order valence-electron chi connectivity index (χ4n) is 2.97. The van der Waals surface area contributed by atoms with Crippen molar-refractivity contribution in [2.75, 3.05) is 0 Å². The molecule has 2 aromatic carbocycles. The molecule has 0 bridgehead atoms. The molecule has 2 aliphatic rings. The number of Topliss-reactive ketones (excluding diaryl/α,β-unsaturated/α-hetero) is 1. The lowest BCUT2D eigenvalue weighted by Crippen LogP contribution is -2.43. The molecule has 108 valence electrons. The molecule has 0 spiro atoms. The number of carbonyl (C=O) groups excluding carboxylic acids is 1. The first-order chi connectivity index (χ1) is 10.6. The minimum atomic E-state index is -0.263. The van der Waals surface area contributed by atoms with Crippen LogP contribution < -0.4 is 10.6 Å². The predicted octanol–water partition coefficient (Wildman–Crippen LogP) is 3.47. The second-order valence-corrected chi connectivity index (χ2v) is 6.09. The Kier molecular flexibility index (Phi) is 3.03. The average molecular weight is 327 g/mol. The Morgan fingerprint density at radius 1 is 1.00 bits per heavy atom. The Labute approximate surface area is 138 Å². The van der Waals surface area contributed by atoms with Crippen LogP contribution in [0.2, 0.25) is 5.02 Å². The van der Waals surface area contributed by atoms with Crippen LogP contribution >= 0.6 is 23.8 Å². The topological polar surface area (TPSA) is 41.1 Å². The molecule has 1 aliphatic heterocycles. The summed E-state index contributed by atoms with van der Waals surface area (Å²) >= 11 is 11.3. The van der Waals surface area contributed by atoms with Crippen LogP contribution in [0.5, 0.6) is 0 Å². The van der Waals surface area contributed by atoms with Crippen molar-refractivity contribution in [2.24, 2.45) is 0 Å². The van der Waals surface area contributed by atoms with Gasteiger partial charge >= 0.3 is 0 Å². The van der Waals surface area contributed by atoms with Crippen LogP contribution in [0.15, 0.2) is 54.1 Å². The van der Waals surface area contributed by atoms with E-state index in [0.717, 1.165) is 16.8 Å². The lowest BCUT2D eigenvalue weighted by molar-refractivity contribution is 0.103. The first-order valence-electron chi connectivity index (χ1n) is 6.86. The van der Waals surface area contributed by atoms with Crippen molar-refractivity contribution in [3.05, 3.63) is 75.8 Å². The number of ketones is 1. The zero-order valence-electron chi connectivity index (χ0n) is 11.4. The monoisotopic (exact) mass is 326 g/mol. The van der Waals surface area contributed by atoms with E-state index in [0.29, 0.717) is 21.3 Å². The molecule has 2 aromatic rings. The number of thiocarbonyl (C=S) groups is 1. The van der Waals surface area contributed by atoms with E-state index >= 15 is 0 Å². The number of benzene rings is 2. The quantitative estimate of drug-likeness (QED) is 0.787. The molecule has 1 aliphatic carbocycles. The van der Waals surface area contributed by atoms with Gasteiger partial charge in [0.25, 0.3) is 0 Å². The Bertz CT molecular complexity index is 842. The molecule has 4 rings (SSSR count). The Balaban J connectivity index is 1.88. The predicted molar refractivity (Wildman–Crippen MR) is 90.8 cm³/mol. The highest BCUT2D eigenvalue weighted by molar-refractivity contribution is 7.80. The lowest BCUT2D eigenvalue weighted by Gasteiger charge is -2.28. The first kappa shape index (κ1) is 13.5. The SMILES string of the molecule is O=C1C2=C(NC(=S)N[C@@H]2c2ccc(Cl)cc2)c2ccccc21. The molecule has 5 heteroatoms. The maximum Gasteiger partial charge on any atom is 0.194 e. The zero-order chi connectivity index (χ0) is 15.3. The van der Waals surface area contributed by atoms with Crippen LogP contribution in [-0.4, -0.2) is 10.9 Å². The van der Waals surface area contributed by atoms with Crippen LogP contribution in [0.4, 0.5) is 0 Å². The van der Waals surface area contributed by atoms with Crippen molar-refractivity contribution in [2.45, 2.75) is 6.04 Å². The van der Waals surface area contributed by atoms with E-state index in [1.165, 1.54) is 0 Å². The minimum absolute atomic E-state index is 0.0352. The summed E-state index contributed by atoms with van der Waals surface area (Å²) in [7, 11) is 0. The largest absolute Gasteiger partial charge is 0.351 e. The molecule has 0 fully saturated rings. The number of hydrogen-bond donors (Lipinski definition) is 2. The Hall–Kier alpha value is -2.17. The summed E-state index contributed by atoms with van der Waals surface area (Å²) in [6.07, 6.45) is 0. The molecule has 0 saturated heterocycles. The number of halogens is 1. The van der Waals surface area contributed by atoms with Gasteiger partial charge in [0.1, 0.15) is 0 Å². The normalized spacial score (nSPS) is 19.4. The van der Waals surface area contributed by atoms with Gasteiger partial charge < -0.3 is 10.6 Å². The van der Waals surface area contributed by atoms with Gasteiger partial charge in [0.2, 0.25) is 0 Å². The summed E-state index contributed by atoms with van der Waals surface area (Å²) in [5, 5.41) is 7.50. The molecule has 0 unspecified atom stereocenters. The van der Waals surface area contributed by atoms with E-state index in [1.807, 2.05) is 48.5 Å². The molecule has 0 radical (unpaired) electrons. The molecule has 22 heavy (non-hydrogen) atoms. The van der Waals surface area contributed by atoms with Gasteiger partial charge in [-0.1, -0.05) is 48.0 Å². The number of rotatable bonds is 1. The van der Waals surface area contributed by atoms with Crippen molar-refractivity contribution >= 4 is 40.4 Å². The molecule has 0 aromatic heterocycles. The van der Waals surface area contributed by atoms with E-state index < -0.39 is 0 Å². The van der Waals surface area contributed by atoms with Gasteiger partial charge in [-0.15, -0.1) is 0 Å². The maximum absolute atomic E-state index is 12.8. The van der Waals surface area contributed by atoms with Crippen LogP contribution in [0.25, 0.3) is 5.70 Å². The van der Waals surface area contributed by atoms with Crippen LogP contribution in [0, 0.1) is 0 Å². The third-order valence-electron chi connectivity index (χ3n) is 3.96. The fourth-order valence-corrected chi connectivity index (χ4v) is 3.32. The molecular formula is C17H11ClN2OS. The highest BCUT2D eigenvalue weighted by atomic mass is 35.5. The molecule has 1 heterocycles. The van der Waals surface area contributed by atoms with Crippen molar-refractivity contribution in [1.29, 1.82) is 0 Å². The number of hydrogen-bond acceptors (Lipinski definition) is 2. The smallest absolute Gasteiger partial charge is 0.194 e. The van der Waals surface area contributed by atoms with Gasteiger partial charge in [0.05, 0.1) is 17.3 Å². The molecule has 3 nitrogen and oxygen atoms in total. The highest BCUT2D eigenvalue weighted by Crippen LogP contribution is 2.39. The van der Waals surface area contributed by atoms with E-state index in [4.69, 9.17) is 23.8 Å². The molecule has 1 atom stereocenters. The van der Waals surface area contributed by atoms with E-state index in [2.05, 4.69) is 10.6 Å². The average Bonchev–Trinajstić information content (AvgIpc) is 2.81. The van der Waals surface area contributed by atoms with Crippen LogP contribution in [0.1, 0.15) is 27.5 Å². The van der Waals surface area contributed by atoms with Crippen molar-refractivity contribution in [1.82, 2.24) is 10.6 Å². The number of nitrogens with one attached hydrogen (secondary N) is 2. The third kappa shape index (κ3) is 1.95. The molecule has 0 amide bonds. The third-order valence-corrected chi connectivity index (χ3v) is 4.43. The van der Waals surface area contributed by atoms with Crippen LogP contribution in [-0.2, 0) is 0 Å². The number of carbonyl (C=O) groups is 1. The van der Waals surface area contributed by atoms with Crippen molar-refractivity contribution in [3.8, 4) is 0 Å². The van der Waals surface area contributed by atoms with Crippen molar-refractivity contribution in [3.63, 3.8) is 0 Å². The minimum Gasteiger partial charge on any atom is -0.351 e.